The number of hydrogen-bond acceptors (Lipinski definition) is 1. The van der Waals surface area contributed by atoms with Gasteiger partial charge in [0.25, 0.3) is 0 Å². The third-order valence-corrected chi connectivity index (χ3v) is 3.29. The van der Waals surface area contributed by atoms with Gasteiger partial charge < -0.3 is 5.32 Å². The molecule has 0 saturated heterocycles. The van der Waals surface area contributed by atoms with E-state index in [9.17, 15) is 18.0 Å². The molecule has 0 saturated carbocycles. The van der Waals surface area contributed by atoms with Gasteiger partial charge in [-0.2, -0.15) is 13.2 Å². The van der Waals surface area contributed by atoms with Crippen molar-refractivity contribution in [2.75, 3.05) is 5.33 Å². The topological polar surface area (TPSA) is 29.1 Å². The first kappa shape index (κ1) is 16.0. The normalized spacial score (nSPS) is 13.1. The van der Waals surface area contributed by atoms with Crippen LogP contribution in [-0.2, 0) is 11.2 Å². The van der Waals surface area contributed by atoms with Crippen LogP contribution >= 0.6 is 15.9 Å². The Morgan fingerprint density at radius 3 is 2.42 bits per heavy atom. The highest BCUT2D eigenvalue weighted by Crippen LogP contribution is 2.21. The number of nitrogens with one attached hydrogen (secondary N) is 1. The number of benzene rings is 1. The molecule has 0 spiro atoms. The molecule has 0 aliphatic rings. The Balaban J connectivity index is 2.42. The van der Waals surface area contributed by atoms with Crippen molar-refractivity contribution in [1.82, 2.24) is 5.32 Å². The molecule has 0 aliphatic heterocycles. The standard InChI is InChI=1S/C13H15BrF3NO/c14-9-11(8-10-4-2-1-3-5-10)18-12(19)6-7-13(15,16)17/h1-5,11H,6-9H2,(H,18,19). The molecule has 0 radical (unpaired) electrons. The second kappa shape index (κ2) is 7.53. The van der Waals surface area contributed by atoms with Gasteiger partial charge in [-0.05, 0) is 12.0 Å². The maximum absolute atomic E-state index is 12.0. The maximum Gasteiger partial charge on any atom is 0.389 e. The van der Waals surface area contributed by atoms with Gasteiger partial charge in [0.05, 0.1) is 6.42 Å². The summed E-state index contributed by atoms with van der Waals surface area (Å²) in [4.78, 5) is 11.4. The first-order chi connectivity index (χ1) is 8.90. The van der Waals surface area contributed by atoms with E-state index in [0.29, 0.717) is 11.8 Å². The Hall–Kier alpha value is -1.04. The molecule has 0 fully saturated rings. The van der Waals surface area contributed by atoms with Crippen molar-refractivity contribution in [2.45, 2.75) is 31.5 Å². The zero-order valence-corrected chi connectivity index (χ0v) is 11.8. The van der Waals surface area contributed by atoms with Gasteiger partial charge in [-0.15, -0.1) is 0 Å². The molecule has 1 amide bonds. The minimum atomic E-state index is -4.29. The average Bonchev–Trinajstić information content (AvgIpc) is 2.36. The lowest BCUT2D eigenvalue weighted by Gasteiger charge is -2.16. The van der Waals surface area contributed by atoms with Crippen LogP contribution in [0.5, 0.6) is 0 Å². The molecule has 1 rings (SSSR count). The number of halogens is 4. The van der Waals surface area contributed by atoms with Crippen LogP contribution in [0.2, 0.25) is 0 Å². The van der Waals surface area contributed by atoms with Crippen molar-refractivity contribution in [3.8, 4) is 0 Å². The molecule has 0 aliphatic carbocycles. The van der Waals surface area contributed by atoms with Gasteiger partial charge in [0.15, 0.2) is 0 Å². The van der Waals surface area contributed by atoms with Crippen molar-refractivity contribution in [1.29, 1.82) is 0 Å². The smallest absolute Gasteiger partial charge is 0.352 e. The molecule has 106 valence electrons. The van der Waals surface area contributed by atoms with E-state index in [4.69, 9.17) is 0 Å². The molecular weight excluding hydrogens is 323 g/mol. The van der Waals surface area contributed by atoms with E-state index < -0.39 is 24.9 Å². The van der Waals surface area contributed by atoms with Crippen molar-refractivity contribution in [3.05, 3.63) is 35.9 Å². The van der Waals surface area contributed by atoms with Gasteiger partial charge in [-0.25, -0.2) is 0 Å². The second-order valence-corrected chi connectivity index (χ2v) is 4.87. The van der Waals surface area contributed by atoms with Crippen LogP contribution in [0, 0.1) is 0 Å². The Kier molecular flexibility index (Phi) is 6.34. The number of carbonyl (C=O) groups excluding carboxylic acids is 1. The van der Waals surface area contributed by atoms with Gasteiger partial charge >= 0.3 is 6.18 Å². The number of hydrogen-bond donors (Lipinski definition) is 1. The summed E-state index contributed by atoms with van der Waals surface area (Å²) < 4.78 is 36.0. The fraction of sp³-hybridized carbons (Fsp3) is 0.462. The molecule has 1 aromatic rings. The van der Waals surface area contributed by atoms with Gasteiger partial charge in [0.2, 0.25) is 5.91 Å². The summed E-state index contributed by atoms with van der Waals surface area (Å²) in [5.74, 6) is -0.572. The highest BCUT2D eigenvalue weighted by Gasteiger charge is 2.28. The third-order valence-electron chi connectivity index (χ3n) is 2.51. The monoisotopic (exact) mass is 337 g/mol. The Morgan fingerprint density at radius 1 is 1.26 bits per heavy atom. The van der Waals surface area contributed by atoms with E-state index in [2.05, 4.69) is 21.2 Å². The van der Waals surface area contributed by atoms with E-state index in [1.165, 1.54) is 0 Å². The van der Waals surface area contributed by atoms with E-state index in [-0.39, 0.29) is 6.04 Å². The quantitative estimate of drug-likeness (QED) is 0.791. The second-order valence-electron chi connectivity index (χ2n) is 4.22. The average molecular weight is 338 g/mol. The fourth-order valence-corrected chi connectivity index (χ4v) is 1.99. The Morgan fingerprint density at radius 2 is 1.89 bits per heavy atom. The van der Waals surface area contributed by atoms with E-state index in [1.54, 1.807) is 0 Å². The first-order valence-corrected chi connectivity index (χ1v) is 6.99. The zero-order chi connectivity index (χ0) is 14.3. The fourth-order valence-electron chi connectivity index (χ4n) is 1.60. The van der Waals surface area contributed by atoms with Crippen LogP contribution in [0.4, 0.5) is 13.2 Å². The van der Waals surface area contributed by atoms with Crippen LogP contribution in [0.25, 0.3) is 0 Å². The third kappa shape index (κ3) is 7.20. The molecule has 0 heterocycles. The first-order valence-electron chi connectivity index (χ1n) is 5.86. The largest absolute Gasteiger partial charge is 0.389 e. The minimum absolute atomic E-state index is 0.205. The number of amides is 1. The number of alkyl halides is 4. The van der Waals surface area contributed by atoms with Gasteiger partial charge in [0.1, 0.15) is 0 Å². The molecule has 2 nitrogen and oxygen atoms in total. The molecule has 1 N–H and O–H groups in total. The van der Waals surface area contributed by atoms with E-state index in [1.807, 2.05) is 30.3 Å². The van der Waals surface area contributed by atoms with Crippen LogP contribution in [-0.4, -0.2) is 23.5 Å². The molecule has 0 aromatic heterocycles. The summed E-state index contributed by atoms with van der Waals surface area (Å²) >= 11 is 3.26. The highest BCUT2D eigenvalue weighted by molar-refractivity contribution is 9.09. The molecule has 6 heteroatoms. The Bertz CT molecular complexity index is 395. The molecule has 1 aromatic carbocycles. The van der Waals surface area contributed by atoms with Gasteiger partial charge in [-0.1, -0.05) is 46.3 Å². The number of rotatable bonds is 6. The lowest BCUT2D eigenvalue weighted by Crippen LogP contribution is -2.38. The van der Waals surface area contributed by atoms with Crippen molar-refractivity contribution >= 4 is 21.8 Å². The molecule has 19 heavy (non-hydrogen) atoms. The Labute approximate surface area is 118 Å². The van der Waals surface area contributed by atoms with Crippen LogP contribution in [0.15, 0.2) is 30.3 Å². The van der Waals surface area contributed by atoms with E-state index >= 15 is 0 Å². The van der Waals surface area contributed by atoms with Crippen LogP contribution in [0.3, 0.4) is 0 Å². The summed E-state index contributed by atoms with van der Waals surface area (Å²) in [6.07, 6.45) is -5.31. The molecular formula is C13H15BrF3NO. The predicted octanol–water partition coefficient (Wildman–Crippen LogP) is 3.45. The van der Waals surface area contributed by atoms with Crippen molar-refractivity contribution < 1.29 is 18.0 Å². The zero-order valence-electron chi connectivity index (χ0n) is 10.2. The lowest BCUT2D eigenvalue weighted by molar-refractivity contribution is -0.144. The minimum Gasteiger partial charge on any atom is -0.352 e. The summed E-state index contributed by atoms with van der Waals surface area (Å²) in [5, 5.41) is 3.10. The summed E-state index contributed by atoms with van der Waals surface area (Å²) in [6, 6.07) is 9.27. The van der Waals surface area contributed by atoms with Crippen molar-refractivity contribution in [2.24, 2.45) is 0 Å². The van der Waals surface area contributed by atoms with Gasteiger partial charge in [-0.3, -0.25) is 4.79 Å². The van der Waals surface area contributed by atoms with E-state index in [0.717, 1.165) is 5.56 Å². The SMILES string of the molecule is O=C(CCC(F)(F)F)NC(CBr)Cc1ccccc1. The molecule has 1 atom stereocenters. The number of carbonyl (C=O) groups is 1. The summed E-state index contributed by atoms with van der Waals surface area (Å²) in [6.45, 7) is 0. The predicted molar refractivity (Wildman–Crippen MR) is 71.2 cm³/mol. The lowest BCUT2D eigenvalue weighted by atomic mass is 10.1. The molecule has 0 bridgehead atoms. The van der Waals surface area contributed by atoms with Crippen LogP contribution in [0.1, 0.15) is 18.4 Å². The van der Waals surface area contributed by atoms with Crippen LogP contribution < -0.4 is 5.32 Å². The summed E-state index contributed by atoms with van der Waals surface area (Å²) in [7, 11) is 0. The summed E-state index contributed by atoms with van der Waals surface area (Å²) in [5.41, 5.74) is 1.03. The highest BCUT2D eigenvalue weighted by atomic mass is 79.9. The van der Waals surface area contributed by atoms with Gasteiger partial charge in [0, 0.05) is 17.8 Å². The van der Waals surface area contributed by atoms with Crippen molar-refractivity contribution in [3.63, 3.8) is 0 Å². The maximum atomic E-state index is 12.0. The molecule has 1 unspecified atom stereocenters.